The Bertz CT molecular complexity index is 590. The zero-order chi connectivity index (χ0) is 12.3. The second-order valence-corrected chi connectivity index (χ2v) is 3.81. The monoisotopic (exact) mass is 244 g/mol. The number of nitrogens with two attached hydrogens (primary N) is 1. The first-order chi connectivity index (χ1) is 8.20. The first-order valence-electron chi connectivity index (χ1n) is 4.92. The molecule has 0 saturated heterocycles. The van der Waals surface area contributed by atoms with E-state index in [1.807, 2.05) is 6.07 Å². The molecule has 0 aliphatic heterocycles. The Morgan fingerprint density at radius 3 is 2.65 bits per heavy atom. The molecule has 17 heavy (non-hydrogen) atoms. The summed E-state index contributed by atoms with van der Waals surface area (Å²) in [6.45, 7) is 0. The third-order valence-corrected chi connectivity index (χ3v) is 2.49. The van der Waals surface area contributed by atoms with E-state index in [-0.39, 0.29) is 0 Å². The highest BCUT2D eigenvalue weighted by Crippen LogP contribution is 2.30. The molecule has 0 atom stereocenters. The number of ether oxygens (including phenoxy) is 1. The number of benzene rings is 2. The molecule has 0 saturated carbocycles. The van der Waals surface area contributed by atoms with Gasteiger partial charge in [0.05, 0.1) is 5.02 Å². The quantitative estimate of drug-likeness (QED) is 0.822. The van der Waals surface area contributed by atoms with Crippen molar-refractivity contribution in [1.82, 2.24) is 0 Å². The molecule has 4 heteroatoms. The molecule has 0 radical (unpaired) electrons. The number of rotatable bonds is 2. The van der Waals surface area contributed by atoms with Gasteiger partial charge in [0.15, 0.2) is 0 Å². The van der Waals surface area contributed by atoms with Gasteiger partial charge in [-0.3, -0.25) is 0 Å². The van der Waals surface area contributed by atoms with E-state index in [0.717, 1.165) is 0 Å². The predicted octanol–water partition coefficient (Wildman–Crippen LogP) is 3.59. The molecule has 0 fully saturated rings. The molecule has 0 aromatic heterocycles. The minimum Gasteiger partial charge on any atom is -0.456 e. The lowest BCUT2D eigenvalue weighted by molar-refractivity contribution is 0.481. The van der Waals surface area contributed by atoms with Crippen LogP contribution in [-0.2, 0) is 0 Å². The minimum atomic E-state index is 0.316. The lowest BCUT2D eigenvalue weighted by Gasteiger charge is -2.08. The summed E-state index contributed by atoms with van der Waals surface area (Å²) in [5.74, 6) is 0.995. The van der Waals surface area contributed by atoms with Crippen molar-refractivity contribution in [2.75, 3.05) is 5.73 Å². The fourth-order valence-electron chi connectivity index (χ4n) is 1.40. The maximum atomic E-state index is 8.99. The lowest BCUT2D eigenvalue weighted by atomic mass is 10.2. The van der Waals surface area contributed by atoms with Crippen molar-refractivity contribution in [3.8, 4) is 17.6 Å². The molecule has 2 rings (SSSR count). The largest absolute Gasteiger partial charge is 0.456 e. The average molecular weight is 245 g/mol. The van der Waals surface area contributed by atoms with E-state index in [1.54, 1.807) is 42.5 Å². The highest BCUT2D eigenvalue weighted by atomic mass is 35.5. The number of halogens is 1. The van der Waals surface area contributed by atoms with Gasteiger partial charge in [0.2, 0.25) is 0 Å². The molecular weight excluding hydrogens is 236 g/mol. The van der Waals surface area contributed by atoms with Crippen LogP contribution in [0.5, 0.6) is 11.5 Å². The maximum absolute atomic E-state index is 8.99. The van der Waals surface area contributed by atoms with Gasteiger partial charge in [-0.2, -0.15) is 5.26 Å². The summed E-state index contributed by atoms with van der Waals surface area (Å²) in [6.07, 6.45) is 0. The molecule has 0 spiro atoms. The third-order valence-electron chi connectivity index (χ3n) is 2.17. The highest BCUT2D eigenvalue weighted by molar-refractivity contribution is 6.31. The number of hydrogen-bond acceptors (Lipinski definition) is 3. The summed E-state index contributed by atoms with van der Waals surface area (Å²) < 4.78 is 5.58. The van der Waals surface area contributed by atoms with Crippen molar-refractivity contribution >= 4 is 17.3 Å². The van der Waals surface area contributed by atoms with E-state index in [1.165, 1.54) is 0 Å². The van der Waals surface area contributed by atoms with Gasteiger partial charge in [0.1, 0.15) is 23.1 Å². The Morgan fingerprint density at radius 2 is 1.94 bits per heavy atom. The smallest absolute Gasteiger partial charge is 0.146 e. The summed E-state index contributed by atoms with van der Waals surface area (Å²) >= 11 is 5.90. The van der Waals surface area contributed by atoms with Crippen LogP contribution in [0.15, 0.2) is 42.5 Å². The fourth-order valence-corrected chi connectivity index (χ4v) is 1.61. The van der Waals surface area contributed by atoms with Crippen LogP contribution in [0.25, 0.3) is 0 Å². The van der Waals surface area contributed by atoms with Gasteiger partial charge in [0, 0.05) is 11.8 Å². The second-order valence-electron chi connectivity index (χ2n) is 3.40. The Kier molecular flexibility index (Phi) is 3.17. The second kappa shape index (κ2) is 4.77. The van der Waals surface area contributed by atoms with E-state index in [0.29, 0.717) is 27.8 Å². The average Bonchev–Trinajstić information content (AvgIpc) is 2.29. The summed E-state index contributed by atoms with van der Waals surface area (Å²) in [7, 11) is 0. The van der Waals surface area contributed by atoms with E-state index in [2.05, 4.69) is 0 Å². The Hall–Kier alpha value is -2.18. The van der Waals surface area contributed by atoms with Gasteiger partial charge in [-0.1, -0.05) is 23.7 Å². The minimum absolute atomic E-state index is 0.316. The van der Waals surface area contributed by atoms with Crippen molar-refractivity contribution < 1.29 is 4.74 Å². The van der Waals surface area contributed by atoms with Gasteiger partial charge >= 0.3 is 0 Å². The molecule has 2 N–H and O–H groups in total. The molecule has 2 aromatic rings. The van der Waals surface area contributed by atoms with Crippen LogP contribution in [0.2, 0.25) is 5.02 Å². The first kappa shape index (κ1) is 11.3. The number of nitrogen functional groups attached to an aromatic ring is 1. The van der Waals surface area contributed by atoms with Gasteiger partial charge in [0.25, 0.3) is 0 Å². The standard InChI is InChI=1S/C13H9ClN2O/c14-12-5-2-6-13(11(12)8-15)17-10-4-1-3-9(16)7-10/h1-7H,16H2. The Labute approximate surface area is 104 Å². The normalized spacial score (nSPS) is 9.65. The molecule has 3 nitrogen and oxygen atoms in total. The van der Waals surface area contributed by atoms with Crippen molar-refractivity contribution in [2.45, 2.75) is 0 Å². The van der Waals surface area contributed by atoms with Gasteiger partial charge in [-0.05, 0) is 24.3 Å². The van der Waals surface area contributed by atoms with E-state index < -0.39 is 0 Å². The van der Waals surface area contributed by atoms with Crippen molar-refractivity contribution in [3.05, 3.63) is 53.1 Å². The SMILES string of the molecule is N#Cc1c(Cl)cccc1Oc1cccc(N)c1. The Balaban J connectivity index is 2.37. The molecule has 0 heterocycles. The summed E-state index contributed by atoms with van der Waals surface area (Å²) in [5, 5.41) is 9.36. The Morgan fingerprint density at radius 1 is 1.18 bits per heavy atom. The number of hydrogen-bond donors (Lipinski definition) is 1. The van der Waals surface area contributed by atoms with Crippen LogP contribution in [0, 0.1) is 11.3 Å². The van der Waals surface area contributed by atoms with Crippen LogP contribution in [0.4, 0.5) is 5.69 Å². The van der Waals surface area contributed by atoms with Crippen LogP contribution in [-0.4, -0.2) is 0 Å². The van der Waals surface area contributed by atoms with Crippen LogP contribution in [0.3, 0.4) is 0 Å². The number of nitriles is 1. The lowest BCUT2D eigenvalue weighted by Crippen LogP contribution is -1.90. The molecule has 0 unspecified atom stereocenters. The first-order valence-corrected chi connectivity index (χ1v) is 5.30. The number of nitrogens with zero attached hydrogens (tertiary/aromatic N) is 1. The zero-order valence-electron chi connectivity index (χ0n) is 8.85. The van der Waals surface area contributed by atoms with E-state index in [4.69, 9.17) is 27.3 Å². The van der Waals surface area contributed by atoms with Gasteiger partial charge < -0.3 is 10.5 Å². The molecule has 84 valence electrons. The van der Waals surface area contributed by atoms with Gasteiger partial charge in [-0.15, -0.1) is 0 Å². The topological polar surface area (TPSA) is 59.0 Å². The highest BCUT2D eigenvalue weighted by Gasteiger charge is 2.08. The molecule has 0 bridgehead atoms. The molecule has 0 aliphatic rings. The van der Waals surface area contributed by atoms with Crippen LogP contribution >= 0.6 is 11.6 Å². The van der Waals surface area contributed by atoms with Crippen molar-refractivity contribution in [2.24, 2.45) is 0 Å². The third kappa shape index (κ3) is 2.49. The maximum Gasteiger partial charge on any atom is 0.146 e. The van der Waals surface area contributed by atoms with E-state index in [9.17, 15) is 0 Å². The predicted molar refractivity (Wildman–Crippen MR) is 67.1 cm³/mol. The fraction of sp³-hybridized carbons (Fsp3) is 0. The zero-order valence-corrected chi connectivity index (χ0v) is 9.61. The van der Waals surface area contributed by atoms with E-state index >= 15 is 0 Å². The van der Waals surface area contributed by atoms with Gasteiger partial charge in [-0.25, -0.2) is 0 Å². The van der Waals surface area contributed by atoms with Crippen LogP contribution < -0.4 is 10.5 Å². The molecule has 0 aliphatic carbocycles. The summed E-state index contributed by atoms with van der Waals surface area (Å²) in [4.78, 5) is 0. The molecule has 0 amide bonds. The van der Waals surface area contributed by atoms with Crippen molar-refractivity contribution in [3.63, 3.8) is 0 Å². The van der Waals surface area contributed by atoms with Crippen LogP contribution in [0.1, 0.15) is 5.56 Å². The summed E-state index contributed by atoms with van der Waals surface area (Å²) in [6, 6.07) is 14.1. The summed E-state index contributed by atoms with van der Waals surface area (Å²) in [5.41, 5.74) is 6.56. The molecule has 2 aromatic carbocycles. The molecular formula is C13H9ClN2O. The number of anilines is 1. The van der Waals surface area contributed by atoms with Crippen molar-refractivity contribution in [1.29, 1.82) is 5.26 Å².